The van der Waals surface area contributed by atoms with Gasteiger partial charge in [-0.25, -0.2) is 4.79 Å². The standard InChI is InChI=1S/C24H29N5O3/c1-5-17(3)25-22(30)18-10-12-19(13-11-18)23-27-21(28-32-23)14-15-29(4)24(31)26-20-9-7-6-8-16(20)2/h6-13,17H,5,14-15H2,1-4H3,(H,25,30)(H,26,31)/t17-/m0/s1. The molecule has 0 saturated carbocycles. The molecule has 2 aromatic carbocycles. The summed E-state index contributed by atoms with van der Waals surface area (Å²) in [5.74, 6) is 0.777. The first-order valence-electron chi connectivity index (χ1n) is 10.7. The van der Waals surface area contributed by atoms with E-state index < -0.39 is 0 Å². The molecule has 0 bridgehead atoms. The summed E-state index contributed by atoms with van der Waals surface area (Å²) in [6, 6.07) is 14.6. The molecule has 2 N–H and O–H groups in total. The fraction of sp³-hybridized carbons (Fsp3) is 0.333. The molecule has 8 nitrogen and oxygen atoms in total. The van der Waals surface area contributed by atoms with Gasteiger partial charge in [-0.2, -0.15) is 4.98 Å². The van der Waals surface area contributed by atoms with E-state index in [-0.39, 0.29) is 18.0 Å². The molecule has 3 rings (SSSR count). The second kappa shape index (κ2) is 10.6. The third-order valence-electron chi connectivity index (χ3n) is 5.26. The molecule has 0 spiro atoms. The van der Waals surface area contributed by atoms with Crippen LogP contribution < -0.4 is 10.6 Å². The van der Waals surface area contributed by atoms with Crippen molar-refractivity contribution in [3.8, 4) is 11.5 Å². The van der Waals surface area contributed by atoms with Gasteiger partial charge >= 0.3 is 6.03 Å². The van der Waals surface area contributed by atoms with Crippen LogP contribution in [-0.4, -0.2) is 46.6 Å². The van der Waals surface area contributed by atoms with Crippen molar-refractivity contribution in [2.75, 3.05) is 18.9 Å². The van der Waals surface area contributed by atoms with Crippen LogP contribution in [0, 0.1) is 6.92 Å². The average Bonchev–Trinajstić information content (AvgIpc) is 3.28. The number of carbonyl (C=O) groups is 2. The Morgan fingerprint density at radius 3 is 2.53 bits per heavy atom. The lowest BCUT2D eigenvalue weighted by atomic mass is 10.1. The van der Waals surface area contributed by atoms with Gasteiger partial charge < -0.3 is 20.1 Å². The van der Waals surface area contributed by atoms with Gasteiger partial charge in [0, 0.05) is 42.9 Å². The van der Waals surface area contributed by atoms with Crippen molar-refractivity contribution < 1.29 is 14.1 Å². The Morgan fingerprint density at radius 2 is 1.84 bits per heavy atom. The maximum absolute atomic E-state index is 12.4. The Labute approximate surface area is 188 Å². The van der Waals surface area contributed by atoms with Crippen molar-refractivity contribution in [1.29, 1.82) is 0 Å². The van der Waals surface area contributed by atoms with Gasteiger partial charge in [0.15, 0.2) is 5.82 Å². The SMILES string of the molecule is CC[C@H](C)NC(=O)c1ccc(-c2nc(CCN(C)C(=O)Nc3ccccc3C)no2)cc1. The van der Waals surface area contributed by atoms with Gasteiger partial charge in [0.2, 0.25) is 0 Å². The van der Waals surface area contributed by atoms with Crippen molar-refractivity contribution in [3.05, 3.63) is 65.5 Å². The Hall–Kier alpha value is -3.68. The summed E-state index contributed by atoms with van der Waals surface area (Å²) in [5.41, 5.74) is 3.09. The zero-order valence-corrected chi connectivity index (χ0v) is 18.9. The van der Waals surface area contributed by atoms with E-state index in [9.17, 15) is 9.59 Å². The van der Waals surface area contributed by atoms with Gasteiger partial charge in [-0.3, -0.25) is 4.79 Å². The molecule has 0 aliphatic rings. The minimum Gasteiger partial charge on any atom is -0.350 e. The highest BCUT2D eigenvalue weighted by molar-refractivity contribution is 5.94. The predicted octanol–water partition coefficient (Wildman–Crippen LogP) is 4.28. The van der Waals surface area contributed by atoms with Gasteiger partial charge in [0.05, 0.1) is 0 Å². The molecule has 32 heavy (non-hydrogen) atoms. The lowest BCUT2D eigenvalue weighted by Gasteiger charge is -2.18. The van der Waals surface area contributed by atoms with Gasteiger partial charge in [-0.15, -0.1) is 0 Å². The minimum atomic E-state index is -0.200. The highest BCUT2D eigenvalue weighted by atomic mass is 16.5. The molecule has 1 atom stereocenters. The third kappa shape index (κ3) is 5.94. The number of nitrogens with zero attached hydrogens (tertiary/aromatic N) is 3. The van der Waals surface area contributed by atoms with E-state index in [1.165, 1.54) is 0 Å². The zero-order valence-electron chi connectivity index (χ0n) is 18.9. The number of para-hydroxylation sites is 1. The van der Waals surface area contributed by atoms with Crippen LogP contribution in [0.3, 0.4) is 0 Å². The number of hydrogen-bond donors (Lipinski definition) is 2. The van der Waals surface area contributed by atoms with Crippen LogP contribution in [0.1, 0.15) is 42.0 Å². The number of rotatable bonds is 8. The van der Waals surface area contributed by atoms with E-state index in [1.807, 2.05) is 45.0 Å². The molecule has 0 aliphatic carbocycles. The molecule has 8 heteroatoms. The first-order valence-corrected chi connectivity index (χ1v) is 10.7. The summed E-state index contributed by atoms with van der Waals surface area (Å²) in [4.78, 5) is 30.6. The van der Waals surface area contributed by atoms with Gasteiger partial charge in [0.1, 0.15) is 0 Å². The van der Waals surface area contributed by atoms with Crippen molar-refractivity contribution >= 4 is 17.6 Å². The minimum absolute atomic E-state index is 0.107. The van der Waals surface area contributed by atoms with E-state index in [4.69, 9.17) is 4.52 Å². The maximum atomic E-state index is 12.4. The number of aryl methyl sites for hydroxylation is 1. The number of nitrogens with one attached hydrogen (secondary N) is 2. The summed E-state index contributed by atoms with van der Waals surface area (Å²) in [5, 5.41) is 9.84. The molecular weight excluding hydrogens is 406 g/mol. The van der Waals surface area contributed by atoms with Gasteiger partial charge in [-0.05, 0) is 56.2 Å². The Balaban J connectivity index is 1.55. The van der Waals surface area contributed by atoms with Gasteiger partial charge in [-0.1, -0.05) is 30.3 Å². The molecule has 168 valence electrons. The van der Waals surface area contributed by atoms with Crippen LogP contribution in [0.15, 0.2) is 53.1 Å². The fourth-order valence-electron chi connectivity index (χ4n) is 2.94. The number of aromatic nitrogens is 2. The summed E-state index contributed by atoms with van der Waals surface area (Å²) in [6.45, 7) is 6.37. The van der Waals surface area contributed by atoms with Crippen molar-refractivity contribution in [2.24, 2.45) is 0 Å². The van der Waals surface area contributed by atoms with Crippen LogP contribution in [0.25, 0.3) is 11.5 Å². The summed E-state index contributed by atoms with van der Waals surface area (Å²) < 4.78 is 5.36. The Kier molecular flexibility index (Phi) is 7.59. The van der Waals surface area contributed by atoms with Crippen LogP contribution >= 0.6 is 0 Å². The first-order chi connectivity index (χ1) is 15.4. The van der Waals surface area contributed by atoms with Crippen LogP contribution in [0.5, 0.6) is 0 Å². The first kappa shape index (κ1) is 23.0. The Bertz CT molecular complexity index is 1060. The maximum Gasteiger partial charge on any atom is 0.321 e. The van der Waals surface area contributed by atoms with Crippen molar-refractivity contribution in [1.82, 2.24) is 20.4 Å². The van der Waals surface area contributed by atoms with E-state index in [2.05, 4.69) is 20.8 Å². The molecule has 0 unspecified atom stereocenters. The topological polar surface area (TPSA) is 100 Å². The number of urea groups is 1. The normalized spacial score (nSPS) is 11.6. The van der Waals surface area contributed by atoms with Crippen molar-refractivity contribution in [2.45, 2.75) is 39.7 Å². The van der Waals surface area contributed by atoms with Crippen LogP contribution in [-0.2, 0) is 6.42 Å². The monoisotopic (exact) mass is 435 g/mol. The Morgan fingerprint density at radius 1 is 1.12 bits per heavy atom. The van der Waals surface area contributed by atoms with Crippen LogP contribution in [0.2, 0.25) is 0 Å². The lowest BCUT2D eigenvalue weighted by Crippen LogP contribution is -2.33. The smallest absolute Gasteiger partial charge is 0.321 e. The summed E-state index contributed by atoms with van der Waals surface area (Å²) in [6.07, 6.45) is 1.33. The molecule has 0 saturated heterocycles. The van der Waals surface area contributed by atoms with E-state index in [1.54, 1.807) is 36.2 Å². The fourth-order valence-corrected chi connectivity index (χ4v) is 2.94. The molecule has 0 fully saturated rings. The number of carbonyl (C=O) groups excluding carboxylic acids is 2. The number of amides is 3. The summed E-state index contributed by atoms with van der Waals surface area (Å²) >= 11 is 0. The third-order valence-corrected chi connectivity index (χ3v) is 5.26. The highest BCUT2D eigenvalue weighted by Crippen LogP contribution is 2.18. The predicted molar refractivity (Wildman–Crippen MR) is 123 cm³/mol. The number of hydrogen-bond acceptors (Lipinski definition) is 5. The van der Waals surface area contributed by atoms with Crippen LogP contribution in [0.4, 0.5) is 10.5 Å². The molecule has 0 aliphatic heterocycles. The molecule has 1 heterocycles. The van der Waals surface area contributed by atoms with E-state index >= 15 is 0 Å². The lowest BCUT2D eigenvalue weighted by molar-refractivity contribution is 0.0939. The molecule has 1 aromatic heterocycles. The number of likely N-dealkylation sites (N-methyl/N-ethyl adjacent to an activating group) is 1. The second-order valence-corrected chi connectivity index (χ2v) is 7.79. The number of benzene rings is 2. The largest absolute Gasteiger partial charge is 0.350 e. The second-order valence-electron chi connectivity index (χ2n) is 7.79. The average molecular weight is 436 g/mol. The van der Waals surface area contributed by atoms with E-state index in [0.29, 0.717) is 30.2 Å². The van der Waals surface area contributed by atoms with E-state index in [0.717, 1.165) is 23.2 Å². The molecule has 3 aromatic rings. The molecular formula is C24H29N5O3. The molecule has 3 amide bonds. The summed E-state index contributed by atoms with van der Waals surface area (Å²) in [7, 11) is 1.72. The quantitative estimate of drug-likeness (QED) is 0.550. The highest BCUT2D eigenvalue weighted by Gasteiger charge is 2.14. The number of anilines is 1. The zero-order chi connectivity index (χ0) is 23.1. The van der Waals surface area contributed by atoms with Crippen molar-refractivity contribution in [3.63, 3.8) is 0 Å². The van der Waals surface area contributed by atoms with Gasteiger partial charge in [0.25, 0.3) is 11.8 Å². The molecule has 0 radical (unpaired) electrons.